The van der Waals surface area contributed by atoms with E-state index < -0.39 is 0 Å². The van der Waals surface area contributed by atoms with Gasteiger partial charge in [0.05, 0.1) is 5.69 Å². The Kier molecular flexibility index (Phi) is 5.29. The monoisotopic (exact) mass is 384 g/mol. The molecule has 29 heavy (non-hydrogen) atoms. The molecule has 144 valence electrons. The summed E-state index contributed by atoms with van der Waals surface area (Å²) in [4.78, 5) is 13.4. The molecule has 0 saturated carbocycles. The summed E-state index contributed by atoms with van der Waals surface area (Å²) in [6.45, 7) is 7.07. The van der Waals surface area contributed by atoms with Crippen LogP contribution in [0.15, 0.2) is 73.7 Å². The molecular weight excluding hydrogens is 363 g/mol. The second-order valence-electron chi connectivity index (χ2n) is 6.78. The molecule has 0 fully saturated rings. The number of pyridine rings is 3. The molecule has 4 nitrogen and oxygen atoms in total. The fourth-order valence-electron chi connectivity index (χ4n) is 3.23. The lowest BCUT2D eigenvalue weighted by molar-refractivity contribution is 0.631. The minimum absolute atomic E-state index is 0.315. The number of fused-ring (bicyclic) bond motifs is 1. The molecule has 0 bridgehead atoms. The lowest BCUT2D eigenvalue weighted by atomic mass is 9.99. The summed E-state index contributed by atoms with van der Waals surface area (Å²) in [5, 5.41) is 4.19. The standard InChI is InChI=1S/C24H21FN4/c1-3-10-27-16(2)17-12-18(15-26-14-17)21-13-23(20-7-4-5-9-22(20)25)29-24-19(21)8-6-11-28-24/h4-9,11-15,27H,2-3,10H2,1H3. The van der Waals surface area contributed by atoms with Crippen LogP contribution >= 0.6 is 0 Å². The first-order valence-corrected chi connectivity index (χ1v) is 9.56. The summed E-state index contributed by atoms with van der Waals surface area (Å²) in [6, 6.07) is 14.4. The van der Waals surface area contributed by atoms with Gasteiger partial charge in [0.25, 0.3) is 0 Å². The number of nitrogens with zero attached hydrogens (tertiary/aromatic N) is 3. The van der Waals surface area contributed by atoms with Gasteiger partial charge in [-0.2, -0.15) is 0 Å². The molecule has 0 radical (unpaired) electrons. The Morgan fingerprint density at radius 1 is 1.07 bits per heavy atom. The van der Waals surface area contributed by atoms with Crippen LogP contribution in [0.4, 0.5) is 4.39 Å². The quantitative estimate of drug-likeness (QED) is 0.479. The van der Waals surface area contributed by atoms with Crippen molar-refractivity contribution in [2.24, 2.45) is 0 Å². The summed E-state index contributed by atoms with van der Waals surface area (Å²) < 4.78 is 14.4. The average molecular weight is 384 g/mol. The Balaban J connectivity index is 1.87. The number of rotatable bonds is 6. The lowest BCUT2D eigenvalue weighted by Crippen LogP contribution is -2.12. The van der Waals surface area contributed by atoms with Crippen molar-refractivity contribution in [1.82, 2.24) is 20.3 Å². The maximum absolute atomic E-state index is 14.4. The number of halogens is 1. The summed E-state index contributed by atoms with van der Waals surface area (Å²) >= 11 is 0. The first kappa shape index (κ1) is 18.7. The van der Waals surface area contributed by atoms with Gasteiger partial charge in [-0.05, 0) is 48.4 Å². The largest absolute Gasteiger partial charge is 0.385 e. The van der Waals surface area contributed by atoms with E-state index in [4.69, 9.17) is 0 Å². The Bertz CT molecular complexity index is 1190. The van der Waals surface area contributed by atoms with Crippen molar-refractivity contribution >= 4 is 16.7 Å². The van der Waals surface area contributed by atoms with Crippen LogP contribution in [0.3, 0.4) is 0 Å². The first-order chi connectivity index (χ1) is 14.2. The minimum Gasteiger partial charge on any atom is -0.385 e. The first-order valence-electron chi connectivity index (χ1n) is 9.56. The maximum Gasteiger partial charge on any atom is 0.160 e. The summed E-state index contributed by atoms with van der Waals surface area (Å²) in [6.07, 6.45) is 6.28. The van der Waals surface area contributed by atoms with Gasteiger partial charge in [-0.1, -0.05) is 25.6 Å². The van der Waals surface area contributed by atoms with Crippen LogP contribution in [-0.4, -0.2) is 21.5 Å². The highest BCUT2D eigenvalue weighted by molar-refractivity contribution is 5.95. The third-order valence-corrected chi connectivity index (χ3v) is 4.72. The summed E-state index contributed by atoms with van der Waals surface area (Å²) in [5.41, 5.74) is 5.09. The molecule has 0 unspecified atom stereocenters. The molecule has 1 N–H and O–H groups in total. The number of benzene rings is 1. The Morgan fingerprint density at radius 3 is 2.76 bits per heavy atom. The third kappa shape index (κ3) is 3.85. The molecule has 0 atom stereocenters. The van der Waals surface area contributed by atoms with Gasteiger partial charge in [-0.15, -0.1) is 0 Å². The Labute approximate surface area is 169 Å². The van der Waals surface area contributed by atoms with Gasteiger partial charge in [0, 0.05) is 52.9 Å². The van der Waals surface area contributed by atoms with E-state index in [-0.39, 0.29) is 5.82 Å². The molecule has 1 aromatic carbocycles. The highest BCUT2D eigenvalue weighted by atomic mass is 19.1. The van der Waals surface area contributed by atoms with Gasteiger partial charge in [0.1, 0.15) is 5.82 Å². The zero-order valence-corrected chi connectivity index (χ0v) is 16.2. The molecule has 5 heteroatoms. The highest BCUT2D eigenvalue weighted by Crippen LogP contribution is 2.32. The molecule has 3 aromatic heterocycles. The summed E-state index contributed by atoms with van der Waals surface area (Å²) in [7, 11) is 0. The van der Waals surface area contributed by atoms with Crippen molar-refractivity contribution < 1.29 is 4.39 Å². The van der Waals surface area contributed by atoms with Crippen LogP contribution in [0.1, 0.15) is 18.9 Å². The molecule has 0 saturated heterocycles. The van der Waals surface area contributed by atoms with E-state index in [1.807, 2.05) is 24.3 Å². The molecule has 0 aliphatic heterocycles. The van der Waals surface area contributed by atoms with E-state index >= 15 is 0 Å². The maximum atomic E-state index is 14.4. The van der Waals surface area contributed by atoms with Crippen molar-refractivity contribution in [2.75, 3.05) is 6.54 Å². The molecule has 0 spiro atoms. The molecule has 3 heterocycles. The molecular formula is C24H21FN4. The van der Waals surface area contributed by atoms with E-state index in [0.29, 0.717) is 16.9 Å². The molecule has 4 aromatic rings. The van der Waals surface area contributed by atoms with Gasteiger partial charge in [-0.3, -0.25) is 4.98 Å². The molecule has 0 aliphatic carbocycles. The van der Waals surface area contributed by atoms with Crippen molar-refractivity contribution in [3.8, 4) is 22.4 Å². The van der Waals surface area contributed by atoms with Crippen LogP contribution in [0.25, 0.3) is 39.1 Å². The second-order valence-corrected chi connectivity index (χ2v) is 6.78. The predicted molar refractivity (Wildman–Crippen MR) is 115 cm³/mol. The van der Waals surface area contributed by atoms with E-state index in [9.17, 15) is 4.39 Å². The third-order valence-electron chi connectivity index (χ3n) is 4.72. The fraction of sp³-hybridized carbons (Fsp3) is 0.125. The number of nitrogens with one attached hydrogen (secondary N) is 1. The number of hydrogen-bond donors (Lipinski definition) is 1. The Hall–Kier alpha value is -3.60. The number of hydrogen-bond acceptors (Lipinski definition) is 4. The van der Waals surface area contributed by atoms with Crippen molar-refractivity contribution in [1.29, 1.82) is 0 Å². The van der Waals surface area contributed by atoms with Gasteiger partial charge in [0.2, 0.25) is 0 Å². The van der Waals surface area contributed by atoms with Crippen molar-refractivity contribution in [2.45, 2.75) is 13.3 Å². The minimum atomic E-state index is -0.315. The average Bonchev–Trinajstić information content (AvgIpc) is 2.77. The fourth-order valence-corrected chi connectivity index (χ4v) is 3.23. The zero-order chi connectivity index (χ0) is 20.2. The van der Waals surface area contributed by atoms with Crippen LogP contribution in [-0.2, 0) is 0 Å². The van der Waals surface area contributed by atoms with Crippen LogP contribution in [0.2, 0.25) is 0 Å². The molecule has 0 aliphatic rings. The van der Waals surface area contributed by atoms with E-state index in [1.165, 1.54) is 6.07 Å². The summed E-state index contributed by atoms with van der Waals surface area (Å²) in [5.74, 6) is -0.315. The Morgan fingerprint density at radius 2 is 1.93 bits per heavy atom. The van der Waals surface area contributed by atoms with E-state index in [2.05, 4.69) is 33.8 Å². The van der Waals surface area contributed by atoms with Crippen LogP contribution in [0.5, 0.6) is 0 Å². The van der Waals surface area contributed by atoms with Crippen molar-refractivity contribution in [3.63, 3.8) is 0 Å². The highest BCUT2D eigenvalue weighted by Gasteiger charge is 2.13. The predicted octanol–water partition coefficient (Wildman–Crippen LogP) is 5.47. The van der Waals surface area contributed by atoms with Gasteiger partial charge >= 0.3 is 0 Å². The van der Waals surface area contributed by atoms with Gasteiger partial charge in [-0.25, -0.2) is 14.4 Å². The normalized spacial score (nSPS) is 10.8. The van der Waals surface area contributed by atoms with Gasteiger partial charge in [0.15, 0.2) is 5.65 Å². The lowest BCUT2D eigenvalue weighted by Gasteiger charge is -2.12. The van der Waals surface area contributed by atoms with Crippen molar-refractivity contribution in [3.05, 3.63) is 85.1 Å². The number of aromatic nitrogens is 3. The van der Waals surface area contributed by atoms with Crippen LogP contribution in [0, 0.1) is 5.82 Å². The van der Waals surface area contributed by atoms with Gasteiger partial charge < -0.3 is 5.32 Å². The smallest absolute Gasteiger partial charge is 0.160 e. The molecule has 4 rings (SSSR count). The zero-order valence-electron chi connectivity index (χ0n) is 16.2. The van der Waals surface area contributed by atoms with E-state index in [1.54, 1.807) is 36.8 Å². The van der Waals surface area contributed by atoms with Crippen LogP contribution < -0.4 is 5.32 Å². The SMILES string of the molecule is C=C(NCCC)c1cncc(-c2cc(-c3ccccc3F)nc3ncccc23)c1. The van der Waals surface area contributed by atoms with E-state index in [0.717, 1.165) is 40.7 Å². The topological polar surface area (TPSA) is 50.7 Å². The molecule has 0 amide bonds. The second kappa shape index (κ2) is 8.19.